The van der Waals surface area contributed by atoms with Gasteiger partial charge in [-0.3, -0.25) is 9.36 Å². The van der Waals surface area contributed by atoms with Crippen LogP contribution in [0.4, 0.5) is 0 Å². The predicted molar refractivity (Wildman–Crippen MR) is 60.0 cm³/mol. The van der Waals surface area contributed by atoms with Gasteiger partial charge < -0.3 is 9.05 Å². The maximum atomic E-state index is 12.2. The summed E-state index contributed by atoms with van der Waals surface area (Å²) >= 11 is 0. The molecule has 2 rings (SSSR count). The van der Waals surface area contributed by atoms with E-state index in [1.807, 2.05) is 6.92 Å². The van der Waals surface area contributed by atoms with E-state index in [0.29, 0.717) is 5.92 Å². The summed E-state index contributed by atoms with van der Waals surface area (Å²) in [4.78, 5) is 12.2. The predicted octanol–water partition coefficient (Wildman–Crippen LogP) is 2.46. The van der Waals surface area contributed by atoms with Crippen molar-refractivity contribution in [3.63, 3.8) is 0 Å². The average Bonchev–Trinajstić information content (AvgIpc) is 2.87. The van der Waals surface area contributed by atoms with Crippen molar-refractivity contribution in [3.05, 3.63) is 12.2 Å². The molecule has 1 fully saturated rings. The van der Waals surface area contributed by atoms with Gasteiger partial charge in [0.25, 0.3) is 0 Å². The lowest BCUT2D eigenvalue weighted by molar-refractivity contribution is -0.119. The molecular formula is C11H17O4P. The topological polar surface area (TPSA) is 52.6 Å². The minimum atomic E-state index is -3.56. The van der Waals surface area contributed by atoms with E-state index < -0.39 is 7.60 Å². The molecule has 0 amide bonds. The molecule has 0 aliphatic heterocycles. The van der Waals surface area contributed by atoms with Crippen molar-refractivity contribution in [1.82, 2.24) is 0 Å². The van der Waals surface area contributed by atoms with Crippen LogP contribution in [0.3, 0.4) is 0 Å². The summed E-state index contributed by atoms with van der Waals surface area (Å²) in [6.07, 6.45) is 5.21. The van der Waals surface area contributed by atoms with E-state index in [4.69, 9.17) is 9.05 Å². The molecule has 0 heterocycles. The van der Waals surface area contributed by atoms with Gasteiger partial charge in [0, 0.05) is 20.1 Å². The Morgan fingerprint density at radius 3 is 2.25 bits per heavy atom. The Morgan fingerprint density at radius 1 is 1.25 bits per heavy atom. The highest BCUT2D eigenvalue weighted by Gasteiger charge is 2.51. The summed E-state index contributed by atoms with van der Waals surface area (Å²) in [7, 11) is -1.04. The third-order valence-corrected chi connectivity index (χ3v) is 5.69. The van der Waals surface area contributed by atoms with Gasteiger partial charge in [0.15, 0.2) is 0 Å². The highest BCUT2D eigenvalue weighted by atomic mass is 31.2. The highest BCUT2D eigenvalue weighted by Crippen LogP contribution is 2.57. The molecule has 90 valence electrons. The summed E-state index contributed by atoms with van der Waals surface area (Å²) < 4.78 is 21.6. The van der Waals surface area contributed by atoms with Gasteiger partial charge in [0.2, 0.25) is 5.52 Å². The third kappa shape index (κ3) is 1.60. The molecule has 0 spiro atoms. The van der Waals surface area contributed by atoms with Crippen LogP contribution in [0.2, 0.25) is 0 Å². The van der Waals surface area contributed by atoms with E-state index in [1.165, 1.54) is 14.2 Å². The summed E-state index contributed by atoms with van der Waals surface area (Å²) in [5, 5.41) is 0. The zero-order valence-electron chi connectivity index (χ0n) is 9.75. The second-order valence-electron chi connectivity index (χ2n) is 4.53. The maximum absolute atomic E-state index is 12.2. The van der Waals surface area contributed by atoms with Gasteiger partial charge in [-0.25, -0.2) is 0 Å². The lowest BCUT2D eigenvalue weighted by Gasteiger charge is -2.25. The molecule has 5 heteroatoms. The Morgan fingerprint density at radius 2 is 1.81 bits per heavy atom. The largest absolute Gasteiger partial charge is 0.396 e. The maximum Gasteiger partial charge on any atom is 0.396 e. The second kappa shape index (κ2) is 4.10. The SMILES string of the molecule is COP(=O)(OC)C(=O)[C@H]1[C@H](C)[C@H]2C=C[C@@H]1C2. The monoisotopic (exact) mass is 244 g/mol. The molecule has 4 atom stereocenters. The number of fused-ring (bicyclic) bond motifs is 2. The van der Waals surface area contributed by atoms with Crippen LogP contribution >= 0.6 is 7.60 Å². The molecule has 2 aliphatic carbocycles. The van der Waals surface area contributed by atoms with Crippen molar-refractivity contribution in [2.45, 2.75) is 13.3 Å². The molecular weight excluding hydrogens is 227 g/mol. The quantitative estimate of drug-likeness (QED) is 0.563. The molecule has 0 saturated heterocycles. The fourth-order valence-corrected chi connectivity index (χ4v) is 4.22. The van der Waals surface area contributed by atoms with Gasteiger partial charge in [0.1, 0.15) is 0 Å². The molecule has 1 saturated carbocycles. The van der Waals surface area contributed by atoms with Crippen LogP contribution in [0.1, 0.15) is 13.3 Å². The van der Waals surface area contributed by atoms with E-state index in [2.05, 4.69) is 12.2 Å². The number of allylic oxidation sites excluding steroid dienone is 2. The average molecular weight is 244 g/mol. The molecule has 2 bridgehead atoms. The Bertz CT molecular complexity index is 368. The van der Waals surface area contributed by atoms with Crippen LogP contribution in [0.15, 0.2) is 12.2 Å². The van der Waals surface area contributed by atoms with Gasteiger partial charge in [-0.1, -0.05) is 19.1 Å². The van der Waals surface area contributed by atoms with E-state index >= 15 is 0 Å². The molecule has 4 nitrogen and oxygen atoms in total. The number of carbonyl (C=O) groups is 1. The Balaban J connectivity index is 2.23. The zero-order valence-corrected chi connectivity index (χ0v) is 10.6. The number of hydrogen-bond acceptors (Lipinski definition) is 4. The van der Waals surface area contributed by atoms with Gasteiger partial charge >= 0.3 is 7.60 Å². The number of hydrogen-bond donors (Lipinski definition) is 0. The van der Waals surface area contributed by atoms with Gasteiger partial charge in [-0.15, -0.1) is 0 Å². The summed E-state index contributed by atoms with van der Waals surface area (Å²) in [5.74, 6) is 0.689. The molecule has 0 radical (unpaired) electrons. The summed E-state index contributed by atoms with van der Waals surface area (Å²) in [6, 6.07) is 0. The van der Waals surface area contributed by atoms with Crippen molar-refractivity contribution in [1.29, 1.82) is 0 Å². The van der Waals surface area contributed by atoms with Crippen LogP contribution in [0.25, 0.3) is 0 Å². The lowest BCUT2D eigenvalue weighted by Crippen LogP contribution is -2.26. The van der Waals surface area contributed by atoms with E-state index in [1.54, 1.807) is 0 Å². The second-order valence-corrected chi connectivity index (χ2v) is 6.70. The molecule has 2 aliphatic rings. The van der Waals surface area contributed by atoms with Crippen LogP contribution in [-0.4, -0.2) is 19.7 Å². The standard InChI is InChI=1S/C11H17O4P/c1-7-8-4-5-9(6-8)10(7)11(12)16(13,14-2)15-3/h4-5,7-10H,6H2,1-3H3/t7-,8+,9-,10+/m1/s1. The summed E-state index contributed by atoms with van der Waals surface area (Å²) in [5.41, 5.74) is -0.359. The number of rotatable bonds is 4. The van der Waals surface area contributed by atoms with Gasteiger partial charge in [-0.05, 0) is 24.2 Å². The first-order valence-electron chi connectivity index (χ1n) is 5.47. The van der Waals surface area contributed by atoms with Gasteiger partial charge in [-0.2, -0.15) is 0 Å². The minimum absolute atomic E-state index is 0.208. The number of carbonyl (C=O) groups excluding carboxylic acids is 1. The Labute approximate surface area is 95.5 Å². The van der Waals surface area contributed by atoms with Crippen molar-refractivity contribution in [3.8, 4) is 0 Å². The van der Waals surface area contributed by atoms with Crippen LogP contribution in [0.5, 0.6) is 0 Å². The first-order chi connectivity index (χ1) is 7.53. The molecule has 0 aromatic heterocycles. The zero-order chi connectivity index (χ0) is 11.9. The fraction of sp³-hybridized carbons (Fsp3) is 0.727. The minimum Gasteiger partial charge on any atom is -0.307 e. The fourth-order valence-electron chi connectivity index (χ4n) is 2.91. The molecule has 0 unspecified atom stereocenters. The molecule has 16 heavy (non-hydrogen) atoms. The van der Waals surface area contributed by atoms with Gasteiger partial charge in [0.05, 0.1) is 0 Å². The Hall–Kier alpha value is -0.440. The third-order valence-electron chi connectivity index (χ3n) is 3.89. The lowest BCUT2D eigenvalue weighted by atomic mass is 9.85. The highest BCUT2D eigenvalue weighted by molar-refractivity contribution is 7.71. The first-order valence-corrected chi connectivity index (χ1v) is 7.02. The molecule has 0 aromatic rings. The van der Waals surface area contributed by atoms with Crippen molar-refractivity contribution >= 4 is 13.1 Å². The molecule has 0 aromatic carbocycles. The van der Waals surface area contributed by atoms with E-state index in [-0.39, 0.29) is 23.3 Å². The Kier molecular flexibility index (Phi) is 3.08. The molecule has 0 N–H and O–H groups in total. The van der Waals surface area contributed by atoms with Crippen molar-refractivity contribution in [2.75, 3.05) is 14.2 Å². The van der Waals surface area contributed by atoms with E-state index in [0.717, 1.165) is 6.42 Å². The van der Waals surface area contributed by atoms with Crippen LogP contribution < -0.4 is 0 Å². The first kappa shape index (κ1) is 12.0. The van der Waals surface area contributed by atoms with Crippen molar-refractivity contribution in [2.24, 2.45) is 23.7 Å². The summed E-state index contributed by atoms with van der Waals surface area (Å²) in [6.45, 7) is 2.03. The van der Waals surface area contributed by atoms with Crippen LogP contribution in [-0.2, 0) is 18.4 Å². The smallest absolute Gasteiger partial charge is 0.307 e. The van der Waals surface area contributed by atoms with Crippen LogP contribution in [0, 0.1) is 23.7 Å². The van der Waals surface area contributed by atoms with E-state index in [9.17, 15) is 9.36 Å². The normalized spacial score (nSPS) is 36.9. The van der Waals surface area contributed by atoms with Crippen molar-refractivity contribution < 1.29 is 18.4 Å².